The third-order valence-corrected chi connectivity index (χ3v) is 9.38. The van der Waals surface area contributed by atoms with Gasteiger partial charge in [-0.15, -0.1) is 0 Å². The molecule has 3 rings (SSSR count). The monoisotopic (exact) mass is 1070 g/mol. The molecule has 3 aromatic rings. The minimum atomic E-state index is -1.32. The standard InChI is InChI=1S/C23H32O9.2C17H24O5.H2/c1-14(19(24)28-13-18-11-9-8-10-12-18)29-20(25)15(2)30-21(26)16(3)31-22(27)17(4)32-23(5,6)7;2*1-12(21-16(19)13(2)22-17(3,4)5)15(18)20-11-14-9-7-6-8-10-14;/h8-12,14-17H,13H2,1-7H3;2*6-10,12-13H,11H2,1-5H3;1H/t14-,15-,16-,17-;2*12-,13-;/m000./s1. The van der Waals surface area contributed by atoms with E-state index in [1.807, 2.05) is 108 Å². The quantitative estimate of drug-likeness (QED) is 0.0675. The van der Waals surface area contributed by atoms with Crippen LogP contribution in [0, 0.1) is 0 Å². The first-order valence-corrected chi connectivity index (χ1v) is 24.9. The number of ether oxygens (including phenoxy) is 11. The van der Waals surface area contributed by atoms with E-state index in [9.17, 15) is 38.4 Å². The van der Waals surface area contributed by atoms with Gasteiger partial charge in [-0.2, -0.15) is 0 Å². The van der Waals surface area contributed by atoms with E-state index in [1.165, 1.54) is 41.5 Å². The highest BCUT2D eigenvalue weighted by Gasteiger charge is 2.32. The van der Waals surface area contributed by atoms with Gasteiger partial charge in [-0.3, -0.25) is 0 Å². The largest absolute Gasteiger partial charge is 0.458 e. The predicted octanol–water partition coefficient (Wildman–Crippen LogP) is 8.70. The van der Waals surface area contributed by atoms with E-state index in [0.29, 0.717) is 0 Å². The second-order valence-electron chi connectivity index (χ2n) is 20.3. The SMILES string of the molecule is C[C@H](OC(=O)[C@H](C)OC(=O)[C@H](C)OC(=O)[C@H](C)OC(C)(C)C)C(=O)OCc1ccccc1.C[C@H](OC(=O)[C@H](C)OC(C)(C)C)C(=O)OCc1ccccc1.C[C@H](OC(=O)[C@H](C)OC(C)(C)C)C(=O)OCc1ccccc1.[HH]. The number of carbonyl (C=O) groups excluding carboxylic acids is 8. The van der Waals surface area contributed by atoms with E-state index >= 15 is 0 Å². The lowest BCUT2D eigenvalue weighted by Crippen LogP contribution is -2.38. The molecule has 424 valence electrons. The summed E-state index contributed by atoms with van der Waals surface area (Å²) in [5.74, 6) is -5.70. The summed E-state index contributed by atoms with van der Waals surface area (Å²) >= 11 is 0. The number of rotatable bonds is 22. The summed E-state index contributed by atoms with van der Waals surface area (Å²) in [5.41, 5.74) is 1.04. The average Bonchev–Trinajstić information content (AvgIpc) is 3.33. The molecule has 0 saturated carbocycles. The fourth-order valence-electron chi connectivity index (χ4n) is 5.86. The Morgan fingerprint density at radius 3 is 0.658 bits per heavy atom. The maximum absolute atomic E-state index is 12.1. The van der Waals surface area contributed by atoms with Crippen molar-refractivity contribution in [2.45, 2.75) is 203 Å². The lowest BCUT2D eigenvalue weighted by atomic mass is 10.2. The van der Waals surface area contributed by atoms with Gasteiger partial charge in [0.05, 0.1) is 16.8 Å². The van der Waals surface area contributed by atoms with Gasteiger partial charge in [0.25, 0.3) is 0 Å². The number of esters is 8. The van der Waals surface area contributed by atoms with Crippen molar-refractivity contribution in [2.24, 2.45) is 0 Å². The van der Waals surface area contributed by atoms with Crippen LogP contribution >= 0.6 is 0 Å². The molecule has 0 heterocycles. The highest BCUT2D eigenvalue weighted by molar-refractivity contribution is 5.85. The Kier molecular flexibility index (Phi) is 28.9. The van der Waals surface area contributed by atoms with Gasteiger partial charge >= 0.3 is 47.8 Å². The van der Waals surface area contributed by atoms with Crippen LogP contribution in [0.25, 0.3) is 0 Å². The fourth-order valence-corrected chi connectivity index (χ4v) is 5.86. The van der Waals surface area contributed by atoms with E-state index in [0.717, 1.165) is 16.7 Å². The summed E-state index contributed by atoms with van der Waals surface area (Å²) in [6.07, 6.45) is -8.11. The molecule has 0 aliphatic carbocycles. The third kappa shape index (κ3) is 30.0. The highest BCUT2D eigenvalue weighted by atomic mass is 16.6. The number of hydrogen-bond acceptors (Lipinski definition) is 19. The van der Waals surface area contributed by atoms with E-state index in [1.54, 1.807) is 58.9 Å². The van der Waals surface area contributed by atoms with Gasteiger partial charge < -0.3 is 52.1 Å². The first kappa shape index (κ1) is 67.3. The Balaban J connectivity index is 0.00000115. The summed E-state index contributed by atoms with van der Waals surface area (Å²) < 4.78 is 56.9. The summed E-state index contributed by atoms with van der Waals surface area (Å²) in [6.45, 7) is 28.3. The van der Waals surface area contributed by atoms with Crippen molar-refractivity contribution < 1.29 is 91.9 Å². The number of benzene rings is 3. The van der Waals surface area contributed by atoms with E-state index in [-0.39, 0.29) is 21.2 Å². The summed E-state index contributed by atoms with van der Waals surface area (Å²) in [4.78, 5) is 95.7. The molecule has 0 bridgehead atoms. The van der Waals surface area contributed by atoms with Crippen LogP contribution in [-0.4, -0.2) is 113 Å². The van der Waals surface area contributed by atoms with Crippen molar-refractivity contribution in [3.05, 3.63) is 108 Å². The molecule has 0 aromatic heterocycles. The molecular formula is C57H82O19. The lowest BCUT2D eigenvalue weighted by Gasteiger charge is -2.25. The maximum atomic E-state index is 12.1. The Hall–Kier alpha value is -6.70. The molecular weight excluding hydrogens is 989 g/mol. The van der Waals surface area contributed by atoms with E-state index < -0.39 is 113 Å². The Morgan fingerprint density at radius 1 is 0.303 bits per heavy atom. The Morgan fingerprint density at radius 2 is 0.474 bits per heavy atom. The van der Waals surface area contributed by atoms with Crippen molar-refractivity contribution in [3.8, 4) is 0 Å². The molecule has 0 spiro atoms. The number of hydrogen-bond donors (Lipinski definition) is 0. The molecule has 0 saturated heterocycles. The van der Waals surface area contributed by atoms with Crippen molar-refractivity contribution in [1.82, 2.24) is 0 Å². The first-order valence-electron chi connectivity index (χ1n) is 24.9. The smallest absolute Gasteiger partial charge is 0.347 e. The molecule has 0 aliphatic heterocycles. The van der Waals surface area contributed by atoms with Gasteiger partial charge in [-0.05, 0) is 134 Å². The minimum Gasteiger partial charge on any atom is -0.458 e. The third-order valence-electron chi connectivity index (χ3n) is 9.38. The summed E-state index contributed by atoms with van der Waals surface area (Å²) in [5, 5.41) is 0. The van der Waals surface area contributed by atoms with Crippen LogP contribution in [0.5, 0.6) is 0 Å². The molecule has 0 N–H and O–H groups in total. The normalized spacial score (nSPS) is 14.4. The van der Waals surface area contributed by atoms with E-state index in [2.05, 4.69) is 0 Å². The van der Waals surface area contributed by atoms with Crippen LogP contribution in [0.4, 0.5) is 0 Å². The fraction of sp³-hybridized carbons (Fsp3) is 0.544. The van der Waals surface area contributed by atoms with Crippen molar-refractivity contribution in [2.75, 3.05) is 0 Å². The summed E-state index contributed by atoms with van der Waals surface area (Å²) in [6, 6.07) is 27.6. The summed E-state index contributed by atoms with van der Waals surface area (Å²) in [7, 11) is 0. The molecule has 76 heavy (non-hydrogen) atoms. The second-order valence-corrected chi connectivity index (χ2v) is 20.3. The molecule has 0 fully saturated rings. The van der Waals surface area contributed by atoms with Crippen LogP contribution in [0.2, 0.25) is 0 Å². The van der Waals surface area contributed by atoms with Gasteiger partial charge in [0.2, 0.25) is 0 Å². The van der Waals surface area contributed by atoms with Crippen LogP contribution in [-0.2, 0) is 110 Å². The Labute approximate surface area is 449 Å². The Bertz CT molecular complexity index is 2180. The van der Waals surface area contributed by atoms with Gasteiger partial charge in [-0.25, -0.2) is 38.4 Å². The van der Waals surface area contributed by atoms with Gasteiger partial charge in [0.1, 0.15) is 19.8 Å². The van der Waals surface area contributed by atoms with Crippen LogP contribution in [0.15, 0.2) is 91.0 Å². The minimum absolute atomic E-state index is 0. The zero-order valence-corrected chi connectivity index (χ0v) is 47.2. The first-order chi connectivity index (χ1) is 35.2. The zero-order chi connectivity index (χ0) is 58.0. The molecule has 0 aliphatic rings. The second kappa shape index (κ2) is 32.7. The predicted molar refractivity (Wildman–Crippen MR) is 279 cm³/mol. The van der Waals surface area contributed by atoms with Crippen molar-refractivity contribution in [3.63, 3.8) is 0 Å². The topological polar surface area (TPSA) is 238 Å². The van der Waals surface area contributed by atoms with E-state index in [4.69, 9.17) is 52.1 Å². The van der Waals surface area contributed by atoms with Crippen LogP contribution in [0.1, 0.15) is 136 Å². The molecule has 19 nitrogen and oxygen atoms in total. The highest BCUT2D eigenvalue weighted by Crippen LogP contribution is 2.16. The van der Waals surface area contributed by atoms with Crippen molar-refractivity contribution in [1.29, 1.82) is 0 Å². The molecule has 19 heteroatoms. The molecule has 0 amide bonds. The van der Waals surface area contributed by atoms with Gasteiger partial charge in [0.15, 0.2) is 48.8 Å². The van der Waals surface area contributed by atoms with Crippen LogP contribution < -0.4 is 0 Å². The lowest BCUT2D eigenvalue weighted by molar-refractivity contribution is -0.186. The van der Waals surface area contributed by atoms with Gasteiger partial charge in [0, 0.05) is 1.43 Å². The molecule has 3 aromatic carbocycles. The molecule has 0 radical (unpaired) electrons. The zero-order valence-electron chi connectivity index (χ0n) is 47.2. The average molecular weight is 1070 g/mol. The van der Waals surface area contributed by atoms with Crippen LogP contribution in [0.3, 0.4) is 0 Å². The van der Waals surface area contributed by atoms with Gasteiger partial charge in [-0.1, -0.05) is 91.0 Å². The van der Waals surface area contributed by atoms with Crippen molar-refractivity contribution >= 4 is 47.8 Å². The number of carbonyl (C=O) groups is 8. The molecule has 0 unspecified atom stereocenters. The molecule has 8 atom stereocenters. The maximum Gasteiger partial charge on any atom is 0.347 e.